The number of benzene rings is 2. The average Bonchev–Trinajstić information content (AvgIpc) is 3.40. The van der Waals surface area contributed by atoms with E-state index in [1.807, 2.05) is 54.7 Å². The van der Waals surface area contributed by atoms with E-state index in [4.69, 9.17) is 9.47 Å². The normalized spacial score (nSPS) is 15.8. The summed E-state index contributed by atoms with van der Waals surface area (Å²) in [6.45, 7) is 0.394. The van der Waals surface area contributed by atoms with Crippen molar-refractivity contribution in [2.75, 3.05) is 6.61 Å². The molecule has 0 fully saturated rings. The molecular formula is C19H15N5O2. The molecule has 5 rings (SSSR count). The molecule has 7 heteroatoms. The Morgan fingerprint density at radius 3 is 2.54 bits per heavy atom. The van der Waals surface area contributed by atoms with Crippen molar-refractivity contribution in [1.29, 1.82) is 0 Å². The van der Waals surface area contributed by atoms with E-state index in [1.54, 1.807) is 6.20 Å². The van der Waals surface area contributed by atoms with E-state index in [2.05, 4.69) is 25.4 Å². The molecule has 1 atom stereocenters. The van der Waals surface area contributed by atoms with Crippen LogP contribution in [0, 0.1) is 0 Å². The quantitative estimate of drug-likeness (QED) is 0.594. The van der Waals surface area contributed by atoms with Crippen LogP contribution in [-0.4, -0.2) is 32.0 Å². The Morgan fingerprint density at radius 1 is 0.923 bits per heavy atom. The molecule has 128 valence electrons. The summed E-state index contributed by atoms with van der Waals surface area (Å²) in [5, 5.41) is 14.1. The van der Waals surface area contributed by atoms with E-state index in [-0.39, 0.29) is 6.10 Å². The molecule has 0 saturated carbocycles. The molecule has 4 aromatic rings. The van der Waals surface area contributed by atoms with Crippen LogP contribution in [-0.2, 0) is 0 Å². The number of rotatable bonds is 3. The maximum absolute atomic E-state index is 5.97. The van der Waals surface area contributed by atoms with Crippen molar-refractivity contribution in [1.82, 2.24) is 25.4 Å². The number of aromatic nitrogens is 5. The Morgan fingerprint density at radius 2 is 1.73 bits per heavy atom. The number of hydrogen-bond acceptors (Lipinski definition) is 5. The van der Waals surface area contributed by atoms with Crippen LogP contribution in [0.5, 0.6) is 11.5 Å². The lowest BCUT2D eigenvalue weighted by Gasteiger charge is -2.24. The SMILES string of the molecule is c1ccc2c(c1)OCC(c1nc(-c3ccc(-c4cn[nH]c4)cc3)n[nH]1)O2. The summed E-state index contributed by atoms with van der Waals surface area (Å²) in [5.41, 5.74) is 3.05. The van der Waals surface area contributed by atoms with Gasteiger partial charge in [-0.1, -0.05) is 36.4 Å². The summed E-state index contributed by atoms with van der Waals surface area (Å²) in [7, 11) is 0. The fourth-order valence-electron chi connectivity index (χ4n) is 2.92. The molecule has 1 aliphatic heterocycles. The van der Waals surface area contributed by atoms with Gasteiger partial charge < -0.3 is 9.47 Å². The van der Waals surface area contributed by atoms with Gasteiger partial charge in [0.1, 0.15) is 6.61 Å². The molecule has 0 aliphatic carbocycles. The predicted octanol–water partition coefficient (Wildman–Crippen LogP) is 3.37. The van der Waals surface area contributed by atoms with Gasteiger partial charge in [0, 0.05) is 17.3 Å². The topological polar surface area (TPSA) is 88.7 Å². The molecule has 1 unspecified atom stereocenters. The highest BCUT2D eigenvalue weighted by Gasteiger charge is 2.25. The molecule has 0 bridgehead atoms. The largest absolute Gasteiger partial charge is 0.485 e. The number of hydrogen-bond donors (Lipinski definition) is 2. The van der Waals surface area contributed by atoms with Crippen molar-refractivity contribution in [2.45, 2.75) is 6.10 Å². The van der Waals surface area contributed by atoms with Gasteiger partial charge >= 0.3 is 0 Å². The summed E-state index contributed by atoms with van der Waals surface area (Å²) in [4.78, 5) is 4.58. The Balaban J connectivity index is 1.37. The second kappa shape index (κ2) is 6.03. The molecule has 0 radical (unpaired) electrons. The number of H-pyrrole nitrogens is 2. The first kappa shape index (κ1) is 14.7. The van der Waals surface area contributed by atoms with Gasteiger partial charge in [0.2, 0.25) is 0 Å². The summed E-state index contributed by atoms with van der Waals surface area (Å²) in [6.07, 6.45) is 3.34. The third kappa shape index (κ3) is 2.59. The van der Waals surface area contributed by atoms with Gasteiger partial charge in [0.25, 0.3) is 0 Å². The highest BCUT2D eigenvalue weighted by atomic mass is 16.6. The molecule has 0 spiro atoms. The van der Waals surface area contributed by atoms with Gasteiger partial charge in [0.15, 0.2) is 29.3 Å². The van der Waals surface area contributed by atoms with E-state index >= 15 is 0 Å². The van der Waals surface area contributed by atoms with E-state index in [9.17, 15) is 0 Å². The smallest absolute Gasteiger partial charge is 0.191 e. The standard InChI is InChI=1S/C19H15N5O2/c1-2-4-16-15(3-1)25-11-17(26-16)19-22-18(23-24-19)13-7-5-12(6-8-13)14-9-20-21-10-14/h1-10,17H,11H2,(H,20,21)(H,22,23,24). The van der Waals surface area contributed by atoms with E-state index in [0.717, 1.165) is 22.4 Å². The van der Waals surface area contributed by atoms with E-state index < -0.39 is 0 Å². The molecule has 0 amide bonds. The molecule has 26 heavy (non-hydrogen) atoms. The molecule has 2 aromatic carbocycles. The Hall–Kier alpha value is -3.61. The van der Waals surface area contributed by atoms with Crippen LogP contribution in [0.1, 0.15) is 11.9 Å². The van der Waals surface area contributed by atoms with Gasteiger partial charge in [-0.3, -0.25) is 10.2 Å². The van der Waals surface area contributed by atoms with Gasteiger partial charge in [0.05, 0.1) is 6.20 Å². The van der Waals surface area contributed by atoms with Crippen molar-refractivity contribution in [3.05, 3.63) is 66.7 Å². The summed E-state index contributed by atoms with van der Waals surface area (Å²) < 4.78 is 11.7. The van der Waals surface area contributed by atoms with Crippen molar-refractivity contribution in [3.8, 4) is 34.0 Å². The zero-order chi connectivity index (χ0) is 17.3. The van der Waals surface area contributed by atoms with Crippen LogP contribution in [0.2, 0.25) is 0 Å². The monoisotopic (exact) mass is 345 g/mol. The minimum atomic E-state index is -0.309. The lowest BCUT2D eigenvalue weighted by molar-refractivity contribution is 0.0853. The van der Waals surface area contributed by atoms with E-state index in [0.29, 0.717) is 24.0 Å². The van der Waals surface area contributed by atoms with Crippen LogP contribution in [0.15, 0.2) is 60.9 Å². The van der Waals surface area contributed by atoms with Crippen LogP contribution in [0.4, 0.5) is 0 Å². The molecule has 2 N–H and O–H groups in total. The number of nitrogens with zero attached hydrogens (tertiary/aromatic N) is 3. The fraction of sp³-hybridized carbons (Fsp3) is 0.105. The van der Waals surface area contributed by atoms with Crippen LogP contribution < -0.4 is 9.47 Å². The average molecular weight is 345 g/mol. The fourth-order valence-corrected chi connectivity index (χ4v) is 2.92. The summed E-state index contributed by atoms with van der Waals surface area (Å²) in [6, 6.07) is 15.6. The van der Waals surface area contributed by atoms with Crippen molar-refractivity contribution >= 4 is 0 Å². The lowest BCUT2D eigenvalue weighted by atomic mass is 10.1. The van der Waals surface area contributed by atoms with Crippen LogP contribution in [0.25, 0.3) is 22.5 Å². The van der Waals surface area contributed by atoms with Gasteiger partial charge in [-0.15, -0.1) is 0 Å². The Bertz CT molecular complexity index is 1020. The number of fused-ring (bicyclic) bond motifs is 1. The van der Waals surface area contributed by atoms with Crippen LogP contribution in [0.3, 0.4) is 0 Å². The number of para-hydroxylation sites is 2. The van der Waals surface area contributed by atoms with Gasteiger partial charge in [-0.2, -0.15) is 10.2 Å². The minimum absolute atomic E-state index is 0.309. The first-order chi connectivity index (χ1) is 12.9. The van der Waals surface area contributed by atoms with Crippen LogP contribution >= 0.6 is 0 Å². The highest BCUT2D eigenvalue weighted by molar-refractivity contribution is 5.66. The number of ether oxygens (including phenoxy) is 2. The summed E-state index contributed by atoms with van der Waals surface area (Å²) >= 11 is 0. The lowest BCUT2D eigenvalue weighted by Crippen LogP contribution is -2.22. The number of aromatic amines is 2. The predicted molar refractivity (Wildman–Crippen MR) is 94.7 cm³/mol. The second-order valence-electron chi connectivity index (χ2n) is 5.97. The number of nitrogens with one attached hydrogen (secondary N) is 2. The van der Waals surface area contributed by atoms with E-state index in [1.165, 1.54) is 0 Å². The van der Waals surface area contributed by atoms with Gasteiger partial charge in [-0.05, 0) is 17.7 Å². The molecular weight excluding hydrogens is 330 g/mol. The van der Waals surface area contributed by atoms with Crippen molar-refractivity contribution < 1.29 is 9.47 Å². The third-order valence-electron chi connectivity index (χ3n) is 4.29. The van der Waals surface area contributed by atoms with Crippen molar-refractivity contribution in [3.63, 3.8) is 0 Å². The first-order valence-electron chi connectivity index (χ1n) is 8.27. The molecule has 0 saturated heterocycles. The maximum atomic E-state index is 5.97. The highest BCUT2D eigenvalue weighted by Crippen LogP contribution is 2.35. The molecule has 3 heterocycles. The summed E-state index contributed by atoms with van der Waals surface area (Å²) in [5.74, 6) is 2.74. The third-order valence-corrected chi connectivity index (χ3v) is 4.29. The molecule has 1 aliphatic rings. The van der Waals surface area contributed by atoms with Crippen molar-refractivity contribution in [2.24, 2.45) is 0 Å². The minimum Gasteiger partial charge on any atom is -0.485 e. The first-order valence-corrected chi connectivity index (χ1v) is 8.27. The second-order valence-corrected chi connectivity index (χ2v) is 5.97. The zero-order valence-electron chi connectivity index (χ0n) is 13.7. The molecule has 2 aromatic heterocycles. The maximum Gasteiger partial charge on any atom is 0.191 e. The zero-order valence-corrected chi connectivity index (χ0v) is 13.7. The Labute approximate surface area is 149 Å². The molecule has 7 nitrogen and oxygen atoms in total. The Kier molecular flexibility index (Phi) is 3.41. The van der Waals surface area contributed by atoms with Gasteiger partial charge in [-0.25, -0.2) is 4.98 Å².